The molecule has 0 spiro atoms. The van der Waals surface area contributed by atoms with Crippen LogP contribution < -0.4 is 0 Å². The lowest BCUT2D eigenvalue weighted by Crippen LogP contribution is -2.15. The Morgan fingerprint density at radius 3 is 2.55 bits per heavy atom. The van der Waals surface area contributed by atoms with Gasteiger partial charge in [-0.1, -0.05) is 17.7 Å². The first-order valence-electron chi connectivity index (χ1n) is 5.94. The normalized spacial score (nSPS) is 11.9. The average Bonchev–Trinajstić information content (AvgIpc) is 2.75. The number of benzene rings is 1. The first-order chi connectivity index (χ1) is 9.50. The van der Waals surface area contributed by atoms with E-state index < -0.39 is 16.0 Å². The quantitative estimate of drug-likeness (QED) is 0.729. The van der Waals surface area contributed by atoms with Crippen molar-refractivity contribution in [2.75, 3.05) is 0 Å². The molecule has 4 nitrogen and oxygen atoms in total. The highest BCUT2D eigenvalue weighted by molar-refractivity contribution is 7.90. The maximum absolute atomic E-state index is 14.0. The predicted octanol–water partition coefficient (Wildman–Crippen LogP) is 2.72. The largest absolute Gasteiger partial charge is 0.271 e. The molecule has 0 saturated heterocycles. The second-order valence-electron chi connectivity index (χ2n) is 4.47. The minimum absolute atomic E-state index is 0.0325. The molecule has 0 aliphatic carbocycles. The summed E-state index contributed by atoms with van der Waals surface area (Å²) in [5.41, 5.74) is 1.02. The topological polar surface area (TPSA) is 52.0 Å². The van der Waals surface area contributed by atoms with E-state index in [1.165, 1.54) is 18.3 Å². The van der Waals surface area contributed by atoms with Gasteiger partial charge < -0.3 is 0 Å². The number of rotatable bonds is 2. The number of aromatic nitrogens is 2. The molecule has 0 radical (unpaired) electrons. The van der Waals surface area contributed by atoms with Crippen molar-refractivity contribution in [3.8, 4) is 0 Å². The molecule has 0 amide bonds. The van der Waals surface area contributed by atoms with Crippen LogP contribution in [-0.2, 0) is 10.0 Å². The SMILES string of the molecule is Cc1ccc(S(=O)(=O)n2c(F)cc3cccnc32)cc1. The molecule has 0 fully saturated rings. The van der Waals surface area contributed by atoms with Gasteiger partial charge in [0, 0.05) is 17.6 Å². The zero-order chi connectivity index (χ0) is 14.3. The van der Waals surface area contributed by atoms with Crippen LogP contribution in [0.4, 0.5) is 4.39 Å². The Labute approximate surface area is 115 Å². The number of nitrogens with zero attached hydrogens (tertiary/aromatic N) is 2. The van der Waals surface area contributed by atoms with E-state index in [0.717, 1.165) is 11.6 Å². The minimum atomic E-state index is -3.99. The highest BCUT2D eigenvalue weighted by Crippen LogP contribution is 2.23. The summed E-state index contributed by atoms with van der Waals surface area (Å²) in [7, 11) is -3.99. The molecule has 20 heavy (non-hydrogen) atoms. The molecule has 0 saturated carbocycles. The molecule has 0 aliphatic heterocycles. The van der Waals surface area contributed by atoms with Crippen molar-refractivity contribution in [2.24, 2.45) is 0 Å². The molecule has 2 aromatic heterocycles. The van der Waals surface area contributed by atoms with Gasteiger partial charge in [-0.2, -0.15) is 8.36 Å². The van der Waals surface area contributed by atoms with E-state index in [4.69, 9.17) is 0 Å². The molecule has 2 heterocycles. The molecular weight excluding hydrogens is 279 g/mol. The van der Waals surface area contributed by atoms with Gasteiger partial charge in [0.1, 0.15) is 0 Å². The fourth-order valence-corrected chi connectivity index (χ4v) is 3.38. The Kier molecular flexibility index (Phi) is 2.83. The van der Waals surface area contributed by atoms with E-state index >= 15 is 0 Å². The summed E-state index contributed by atoms with van der Waals surface area (Å²) in [5.74, 6) is -0.848. The lowest BCUT2D eigenvalue weighted by molar-refractivity contribution is 0.545. The first kappa shape index (κ1) is 12.8. The number of aryl methyl sites for hydroxylation is 1. The number of pyridine rings is 1. The van der Waals surface area contributed by atoms with Crippen molar-refractivity contribution in [2.45, 2.75) is 11.8 Å². The third kappa shape index (κ3) is 1.89. The summed E-state index contributed by atoms with van der Waals surface area (Å²) >= 11 is 0. The highest BCUT2D eigenvalue weighted by atomic mass is 32.2. The van der Waals surface area contributed by atoms with Gasteiger partial charge in [0.05, 0.1) is 4.90 Å². The van der Waals surface area contributed by atoms with Crippen LogP contribution in [0.25, 0.3) is 11.0 Å². The van der Waals surface area contributed by atoms with Gasteiger partial charge in [-0.25, -0.2) is 13.4 Å². The van der Waals surface area contributed by atoms with Crippen LogP contribution in [-0.4, -0.2) is 17.4 Å². The van der Waals surface area contributed by atoms with Crippen molar-refractivity contribution >= 4 is 21.1 Å². The minimum Gasteiger partial charge on any atom is -0.237 e. The Bertz CT molecular complexity index is 883. The van der Waals surface area contributed by atoms with Gasteiger partial charge in [0.15, 0.2) is 5.65 Å². The van der Waals surface area contributed by atoms with Crippen molar-refractivity contribution in [3.63, 3.8) is 0 Å². The monoisotopic (exact) mass is 290 g/mol. The predicted molar refractivity (Wildman–Crippen MR) is 73.5 cm³/mol. The van der Waals surface area contributed by atoms with Crippen LogP contribution in [0.1, 0.15) is 5.56 Å². The standard InChI is InChI=1S/C14H11FN2O2S/c1-10-4-6-12(7-5-10)20(18,19)17-13(15)9-11-3-2-8-16-14(11)17/h2-9H,1H3. The van der Waals surface area contributed by atoms with E-state index in [1.54, 1.807) is 24.3 Å². The highest BCUT2D eigenvalue weighted by Gasteiger charge is 2.23. The maximum atomic E-state index is 14.0. The first-order valence-corrected chi connectivity index (χ1v) is 7.38. The molecule has 0 N–H and O–H groups in total. The molecule has 1 aromatic carbocycles. The van der Waals surface area contributed by atoms with Gasteiger partial charge in [-0.15, -0.1) is 0 Å². The maximum Gasteiger partial charge on any atom is 0.271 e. The van der Waals surface area contributed by atoms with Gasteiger partial charge in [-0.05, 0) is 31.2 Å². The average molecular weight is 290 g/mol. The third-order valence-corrected chi connectivity index (χ3v) is 4.73. The van der Waals surface area contributed by atoms with Crippen LogP contribution >= 0.6 is 0 Å². The van der Waals surface area contributed by atoms with Crippen molar-refractivity contribution in [1.82, 2.24) is 8.96 Å². The summed E-state index contributed by atoms with van der Waals surface area (Å²) in [6, 6.07) is 10.7. The molecule has 0 aliphatic rings. The summed E-state index contributed by atoms with van der Waals surface area (Å²) in [5, 5.41) is 0.445. The molecule has 0 atom stereocenters. The lowest BCUT2D eigenvalue weighted by atomic mass is 10.2. The second kappa shape index (κ2) is 4.42. The summed E-state index contributed by atoms with van der Waals surface area (Å²) in [6.45, 7) is 1.85. The molecular formula is C14H11FN2O2S. The third-order valence-electron chi connectivity index (χ3n) is 3.04. The fourth-order valence-electron chi connectivity index (χ4n) is 2.02. The van der Waals surface area contributed by atoms with Crippen LogP contribution in [0.2, 0.25) is 0 Å². The Morgan fingerprint density at radius 2 is 1.85 bits per heavy atom. The zero-order valence-electron chi connectivity index (χ0n) is 10.6. The lowest BCUT2D eigenvalue weighted by Gasteiger charge is -2.07. The van der Waals surface area contributed by atoms with E-state index in [-0.39, 0.29) is 10.5 Å². The molecule has 6 heteroatoms. The van der Waals surface area contributed by atoms with Gasteiger partial charge in [0.2, 0.25) is 5.95 Å². The van der Waals surface area contributed by atoms with Gasteiger partial charge >= 0.3 is 0 Å². The van der Waals surface area contributed by atoms with E-state index in [1.807, 2.05) is 6.92 Å². The molecule has 0 bridgehead atoms. The smallest absolute Gasteiger partial charge is 0.237 e. The Balaban J connectivity index is 2.29. The molecule has 102 valence electrons. The molecule has 0 unspecified atom stereocenters. The van der Waals surface area contributed by atoms with Crippen LogP contribution in [0, 0.1) is 12.9 Å². The number of hydrogen-bond donors (Lipinski definition) is 0. The molecule has 3 rings (SSSR count). The zero-order valence-corrected chi connectivity index (χ0v) is 11.4. The number of halogens is 1. The van der Waals surface area contributed by atoms with E-state index in [0.29, 0.717) is 9.36 Å². The van der Waals surface area contributed by atoms with Crippen LogP contribution in [0.15, 0.2) is 53.6 Å². The Morgan fingerprint density at radius 1 is 1.15 bits per heavy atom. The number of hydrogen-bond acceptors (Lipinski definition) is 3. The van der Waals surface area contributed by atoms with E-state index in [9.17, 15) is 12.8 Å². The summed E-state index contributed by atoms with van der Waals surface area (Å²) in [6.07, 6.45) is 1.43. The van der Waals surface area contributed by atoms with Crippen LogP contribution in [0.3, 0.4) is 0 Å². The van der Waals surface area contributed by atoms with Gasteiger partial charge in [0.25, 0.3) is 10.0 Å². The Hall–Kier alpha value is -2.21. The molecule has 3 aromatic rings. The van der Waals surface area contributed by atoms with Crippen molar-refractivity contribution in [3.05, 3.63) is 60.2 Å². The van der Waals surface area contributed by atoms with E-state index in [2.05, 4.69) is 4.98 Å². The number of fused-ring (bicyclic) bond motifs is 1. The second-order valence-corrected chi connectivity index (χ2v) is 6.25. The van der Waals surface area contributed by atoms with Crippen molar-refractivity contribution in [1.29, 1.82) is 0 Å². The summed E-state index contributed by atoms with van der Waals surface area (Å²) in [4.78, 5) is 3.99. The summed E-state index contributed by atoms with van der Waals surface area (Å²) < 4.78 is 39.7. The fraction of sp³-hybridized carbons (Fsp3) is 0.0714. The van der Waals surface area contributed by atoms with Gasteiger partial charge in [-0.3, -0.25) is 0 Å². The van der Waals surface area contributed by atoms with Crippen molar-refractivity contribution < 1.29 is 12.8 Å². The van der Waals surface area contributed by atoms with Crippen LogP contribution in [0.5, 0.6) is 0 Å².